The molecule has 0 saturated carbocycles. The highest BCUT2D eigenvalue weighted by molar-refractivity contribution is 5.84. The van der Waals surface area contributed by atoms with Crippen LogP contribution in [0.4, 0.5) is 0 Å². The van der Waals surface area contributed by atoms with Crippen molar-refractivity contribution in [2.75, 3.05) is 0 Å². The molecular weight excluding hydrogens is 248 g/mol. The number of imidazole rings is 2. The highest BCUT2D eigenvalue weighted by Gasteiger charge is 2.32. The highest BCUT2D eigenvalue weighted by atomic mass is 15.2. The van der Waals surface area contributed by atoms with Crippen LogP contribution in [0, 0.1) is 0 Å². The van der Waals surface area contributed by atoms with Gasteiger partial charge in [-0.3, -0.25) is 4.98 Å². The lowest BCUT2D eigenvalue weighted by Gasteiger charge is -1.92. The maximum absolute atomic E-state index is 4.24. The van der Waals surface area contributed by atoms with E-state index in [1.165, 1.54) is 33.6 Å². The Labute approximate surface area is 115 Å². The Hall–Kier alpha value is -2.62. The second-order valence-corrected chi connectivity index (χ2v) is 5.35. The summed E-state index contributed by atoms with van der Waals surface area (Å²) in [5, 5.41) is 0. The summed E-state index contributed by atoms with van der Waals surface area (Å²) in [6.07, 6.45) is 6.08. The number of fused-ring (bicyclic) bond motifs is 7. The summed E-state index contributed by atoms with van der Waals surface area (Å²) in [6, 6.07) is 10.7. The first-order chi connectivity index (χ1) is 9.84. The molecule has 1 aromatic carbocycles. The minimum atomic E-state index is 0.911. The third kappa shape index (κ3) is 1.04. The van der Waals surface area contributed by atoms with E-state index in [1.54, 1.807) is 0 Å². The van der Waals surface area contributed by atoms with Crippen LogP contribution >= 0.6 is 0 Å². The molecule has 1 aliphatic rings. The fourth-order valence-electron chi connectivity index (χ4n) is 3.38. The number of pyridine rings is 1. The number of hydrogen-bond donors (Lipinski definition) is 0. The summed E-state index contributed by atoms with van der Waals surface area (Å²) in [5.41, 5.74) is 6.32. The SMILES string of the molecule is Cn1c2ccccc2n2c3[n+](cc12)Cc1cnccc1-3. The van der Waals surface area contributed by atoms with Gasteiger partial charge in [-0.15, -0.1) is 0 Å². The third-order valence-corrected chi connectivity index (χ3v) is 4.30. The molecule has 3 aromatic heterocycles. The lowest BCUT2D eigenvalue weighted by molar-refractivity contribution is -0.670. The predicted octanol–water partition coefficient (Wildman–Crippen LogP) is 2.14. The molecule has 0 fully saturated rings. The van der Waals surface area contributed by atoms with E-state index in [1.807, 2.05) is 12.4 Å². The van der Waals surface area contributed by atoms with Gasteiger partial charge in [-0.25, -0.2) is 4.57 Å². The lowest BCUT2D eigenvalue weighted by atomic mass is 10.2. The van der Waals surface area contributed by atoms with Crippen molar-refractivity contribution in [2.24, 2.45) is 7.05 Å². The van der Waals surface area contributed by atoms with Crippen LogP contribution in [0.5, 0.6) is 0 Å². The van der Waals surface area contributed by atoms with Gasteiger partial charge in [-0.05, 0) is 18.2 Å². The van der Waals surface area contributed by atoms with Gasteiger partial charge in [0.15, 0.2) is 11.7 Å². The van der Waals surface area contributed by atoms with E-state index in [4.69, 9.17) is 0 Å². The second-order valence-electron chi connectivity index (χ2n) is 5.35. The second kappa shape index (κ2) is 3.28. The predicted molar refractivity (Wildman–Crippen MR) is 76.4 cm³/mol. The maximum Gasteiger partial charge on any atom is 0.296 e. The summed E-state index contributed by atoms with van der Waals surface area (Å²) in [5.74, 6) is 1.26. The first-order valence-electron chi connectivity index (χ1n) is 6.76. The Bertz CT molecular complexity index is 990. The molecule has 0 spiro atoms. The van der Waals surface area contributed by atoms with E-state index in [2.05, 4.69) is 62.1 Å². The van der Waals surface area contributed by atoms with Crippen LogP contribution in [0.15, 0.2) is 48.9 Å². The number of rotatable bonds is 0. The van der Waals surface area contributed by atoms with Crippen molar-refractivity contribution >= 4 is 16.7 Å². The molecule has 0 atom stereocenters. The van der Waals surface area contributed by atoms with Gasteiger partial charge in [0.25, 0.3) is 5.82 Å². The summed E-state index contributed by atoms with van der Waals surface area (Å²) < 4.78 is 6.91. The molecule has 0 saturated heterocycles. The molecule has 1 aliphatic heterocycles. The zero-order valence-electron chi connectivity index (χ0n) is 11.1. The van der Waals surface area contributed by atoms with E-state index < -0.39 is 0 Å². The van der Waals surface area contributed by atoms with Crippen LogP contribution < -0.4 is 4.57 Å². The zero-order chi connectivity index (χ0) is 13.3. The van der Waals surface area contributed by atoms with Gasteiger partial charge in [-0.2, -0.15) is 4.40 Å². The third-order valence-electron chi connectivity index (χ3n) is 4.30. The number of nitrogens with zero attached hydrogens (tertiary/aromatic N) is 4. The molecule has 96 valence electrons. The number of para-hydroxylation sites is 2. The molecule has 4 heterocycles. The topological polar surface area (TPSA) is 26.1 Å². The molecule has 4 nitrogen and oxygen atoms in total. The molecule has 4 aromatic rings. The molecule has 0 aliphatic carbocycles. The van der Waals surface area contributed by atoms with Gasteiger partial charge in [0.05, 0.1) is 11.1 Å². The average molecular weight is 261 g/mol. The first-order valence-corrected chi connectivity index (χ1v) is 6.76. The van der Waals surface area contributed by atoms with Crippen LogP contribution in [0.3, 0.4) is 0 Å². The van der Waals surface area contributed by atoms with E-state index in [-0.39, 0.29) is 0 Å². The normalized spacial score (nSPS) is 13.1. The van der Waals surface area contributed by atoms with Gasteiger partial charge in [0, 0.05) is 25.0 Å². The average Bonchev–Trinajstić information content (AvgIpc) is 3.08. The zero-order valence-corrected chi connectivity index (χ0v) is 11.1. The Morgan fingerprint density at radius 1 is 1.15 bits per heavy atom. The minimum Gasteiger partial charge on any atom is -0.305 e. The van der Waals surface area contributed by atoms with Crippen LogP contribution in [0.2, 0.25) is 0 Å². The summed E-state index contributed by atoms with van der Waals surface area (Å²) in [4.78, 5) is 4.24. The molecule has 0 unspecified atom stereocenters. The van der Waals surface area contributed by atoms with Crippen molar-refractivity contribution in [1.29, 1.82) is 0 Å². The van der Waals surface area contributed by atoms with Crippen molar-refractivity contribution in [1.82, 2.24) is 14.0 Å². The first kappa shape index (κ1) is 10.2. The lowest BCUT2D eigenvalue weighted by Crippen LogP contribution is -2.29. The standard InChI is InChI=1S/C16H13N4/c1-18-13-4-2-3-5-14(13)20-15(18)10-19-9-11-8-17-7-6-12(11)16(19)20/h2-8,10H,9H2,1H3/q+1. The smallest absolute Gasteiger partial charge is 0.296 e. The van der Waals surface area contributed by atoms with E-state index in [0.717, 1.165) is 6.54 Å². The van der Waals surface area contributed by atoms with Crippen molar-refractivity contribution in [3.05, 3.63) is 54.5 Å². The van der Waals surface area contributed by atoms with Crippen LogP contribution in [-0.2, 0) is 13.6 Å². The van der Waals surface area contributed by atoms with Gasteiger partial charge in [0.1, 0.15) is 6.54 Å². The molecule has 0 amide bonds. The number of aryl methyl sites for hydroxylation is 1. The van der Waals surface area contributed by atoms with Crippen LogP contribution in [0.25, 0.3) is 28.1 Å². The molecule has 0 radical (unpaired) electrons. The molecule has 20 heavy (non-hydrogen) atoms. The fraction of sp³-hybridized carbons (Fsp3) is 0.125. The van der Waals surface area contributed by atoms with Crippen molar-refractivity contribution in [3.63, 3.8) is 0 Å². The van der Waals surface area contributed by atoms with Gasteiger partial charge >= 0.3 is 0 Å². The monoisotopic (exact) mass is 261 g/mol. The Kier molecular flexibility index (Phi) is 1.67. The Morgan fingerprint density at radius 3 is 2.90 bits per heavy atom. The van der Waals surface area contributed by atoms with Gasteiger partial charge < -0.3 is 4.57 Å². The van der Waals surface area contributed by atoms with Gasteiger partial charge in [0.2, 0.25) is 5.65 Å². The highest BCUT2D eigenvalue weighted by Crippen LogP contribution is 2.31. The van der Waals surface area contributed by atoms with E-state index in [0.29, 0.717) is 0 Å². The summed E-state index contributed by atoms with van der Waals surface area (Å²) in [7, 11) is 2.13. The van der Waals surface area contributed by atoms with E-state index >= 15 is 0 Å². The molecular formula is C16H13N4+. The van der Waals surface area contributed by atoms with Crippen LogP contribution in [0.1, 0.15) is 5.56 Å². The summed E-state index contributed by atoms with van der Waals surface area (Å²) >= 11 is 0. The fourth-order valence-corrected chi connectivity index (χ4v) is 3.38. The summed E-state index contributed by atoms with van der Waals surface area (Å²) in [6.45, 7) is 0.911. The molecule has 0 bridgehead atoms. The van der Waals surface area contributed by atoms with Crippen molar-refractivity contribution in [2.45, 2.75) is 6.54 Å². The van der Waals surface area contributed by atoms with Crippen molar-refractivity contribution < 1.29 is 4.57 Å². The van der Waals surface area contributed by atoms with Crippen LogP contribution in [-0.4, -0.2) is 14.0 Å². The largest absolute Gasteiger partial charge is 0.305 e. The Morgan fingerprint density at radius 2 is 2.00 bits per heavy atom. The van der Waals surface area contributed by atoms with Gasteiger partial charge in [-0.1, -0.05) is 12.1 Å². The quantitative estimate of drug-likeness (QED) is 0.392. The number of benzene rings is 1. The number of hydrogen-bond acceptors (Lipinski definition) is 1. The van der Waals surface area contributed by atoms with Crippen molar-refractivity contribution in [3.8, 4) is 11.4 Å². The Balaban J connectivity index is 2.03. The number of aromatic nitrogens is 4. The maximum atomic E-state index is 4.24. The minimum absolute atomic E-state index is 0.911. The molecule has 0 N–H and O–H groups in total. The molecule has 4 heteroatoms. The van der Waals surface area contributed by atoms with E-state index in [9.17, 15) is 0 Å². The molecule has 5 rings (SSSR count).